The van der Waals surface area contributed by atoms with Gasteiger partial charge < -0.3 is 19.7 Å². The van der Waals surface area contributed by atoms with Crippen LogP contribution in [0.15, 0.2) is 30.7 Å². The molecule has 2 aliphatic rings. The Labute approximate surface area is 193 Å². The SMILES string of the molecule is Cc1ccnc(NC2CCC(Oc3cc(N4CCOC(C)C4)cn4ncc(C#N)c34)CC2)n1. The molecule has 1 aliphatic heterocycles. The number of nitrogens with zero attached hydrogens (tertiary/aromatic N) is 6. The first-order valence-corrected chi connectivity index (χ1v) is 11.6. The molecular formula is C24H29N7O2. The summed E-state index contributed by atoms with van der Waals surface area (Å²) in [4.78, 5) is 11.1. The van der Waals surface area contributed by atoms with Crippen LogP contribution in [0.3, 0.4) is 0 Å². The van der Waals surface area contributed by atoms with E-state index >= 15 is 0 Å². The number of morpholine rings is 1. The molecule has 172 valence electrons. The number of aryl methyl sites for hydroxylation is 1. The van der Waals surface area contributed by atoms with Crippen LogP contribution in [0.2, 0.25) is 0 Å². The van der Waals surface area contributed by atoms with E-state index in [1.807, 2.05) is 19.2 Å². The maximum absolute atomic E-state index is 9.60. The van der Waals surface area contributed by atoms with Crippen LogP contribution in [0.25, 0.3) is 5.52 Å². The van der Waals surface area contributed by atoms with E-state index in [1.165, 1.54) is 0 Å². The summed E-state index contributed by atoms with van der Waals surface area (Å²) in [6, 6.07) is 6.54. The first-order valence-electron chi connectivity index (χ1n) is 11.6. The van der Waals surface area contributed by atoms with Gasteiger partial charge in [-0.05, 0) is 45.6 Å². The van der Waals surface area contributed by atoms with E-state index in [0.29, 0.717) is 24.2 Å². The zero-order chi connectivity index (χ0) is 22.8. The number of nitrogens with one attached hydrogen (secondary N) is 1. The molecule has 0 radical (unpaired) electrons. The van der Waals surface area contributed by atoms with Gasteiger partial charge in [0, 0.05) is 37.1 Å². The molecule has 1 atom stereocenters. The topological polar surface area (TPSA) is 101 Å². The average Bonchev–Trinajstić information content (AvgIpc) is 3.24. The van der Waals surface area contributed by atoms with Gasteiger partial charge >= 0.3 is 0 Å². The van der Waals surface area contributed by atoms with Gasteiger partial charge in [0.15, 0.2) is 0 Å². The third kappa shape index (κ3) is 4.71. The fraction of sp³-hybridized carbons (Fsp3) is 0.500. The maximum Gasteiger partial charge on any atom is 0.223 e. The van der Waals surface area contributed by atoms with Gasteiger partial charge in [-0.25, -0.2) is 14.5 Å². The first kappa shape index (κ1) is 21.5. The van der Waals surface area contributed by atoms with Crippen molar-refractivity contribution in [3.8, 4) is 11.8 Å². The van der Waals surface area contributed by atoms with E-state index in [2.05, 4.69) is 44.3 Å². The number of ether oxygens (including phenoxy) is 2. The summed E-state index contributed by atoms with van der Waals surface area (Å²) < 4.78 is 14.0. The van der Waals surface area contributed by atoms with E-state index in [0.717, 1.165) is 61.4 Å². The molecule has 4 heterocycles. The van der Waals surface area contributed by atoms with Crippen molar-refractivity contribution >= 4 is 17.2 Å². The van der Waals surface area contributed by atoms with Gasteiger partial charge in [0.05, 0.1) is 36.9 Å². The van der Waals surface area contributed by atoms with Crippen molar-refractivity contribution in [2.45, 2.75) is 57.8 Å². The molecule has 1 saturated heterocycles. The highest BCUT2D eigenvalue weighted by molar-refractivity contribution is 5.72. The molecule has 9 nitrogen and oxygen atoms in total. The molecule has 1 saturated carbocycles. The highest BCUT2D eigenvalue weighted by Crippen LogP contribution is 2.33. The predicted molar refractivity (Wildman–Crippen MR) is 125 cm³/mol. The molecule has 9 heteroatoms. The molecule has 5 rings (SSSR count). The zero-order valence-corrected chi connectivity index (χ0v) is 19.1. The fourth-order valence-electron chi connectivity index (χ4n) is 4.67. The maximum atomic E-state index is 9.60. The molecule has 2 fully saturated rings. The minimum absolute atomic E-state index is 0.0885. The van der Waals surface area contributed by atoms with Crippen molar-refractivity contribution in [2.24, 2.45) is 0 Å². The Morgan fingerprint density at radius 1 is 1.27 bits per heavy atom. The lowest BCUT2D eigenvalue weighted by molar-refractivity contribution is 0.0531. The van der Waals surface area contributed by atoms with Gasteiger partial charge in [-0.2, -0.15) is 10.4 Å². The van der Waals surface area contributed by atoms with Crippen LogP contribution in [0, 0.1) is 18.3 Å². The Bertz CT molecular complexity index is 1160. The molecular weight excluding hydrogens is 418 g/mol. The fourth-order valence-corrected chi connectivity index (χ4v) is 4.67. The van der Waals surface area contributed by atoms with Gasteiger partial charge in [-0.15, -0.1) is 0 Å². The Balaban J connectivity index is 1.32. The summed E-state index contributed by atoms with van der Waals surface area (Å²) in [6.45, 7) is 6.38. The Hall–Kier alpha value is -3.38. The van der Waals surface area contributed by atoms with Crippen molar-refractivity contribution in [1.82, 2.24) is 19.6 Å². The average molecular weight is 448 g/mol. The summed E-state index contributed by atoms with van der Waals surface area (Å²) in [7, 11) is 0. The Kier molecular flexibility index (Phi) is 6.01. The van der Waals surface area contributed by atoms with Crippen LogP contribution in [0.5, 0.6) is 5.75 Å². The molecule has 1 aliphatic carbocycles. The van der Waals surface area contributed by atoms with Gasteiger partial charge in [0.25, 0.3) is 0 Å². The van der Waals surface area contributed by atoms with Crippen molar-refractivity contribution in [3.63, 3.8) is 0 Å². The number of nitriles is 1. The summed E-state index contributed by atoms with van der Waals surface area (Å²) >= 11 is 0. The third-order valence-corrected chi connectivity index (χ3v) is 6.38. The molecule has 0 amide bonds. The van der Waals surface area contributed by atoms with Crippen LogP contribution < -0.4 is 15.0 Å². The number of fused-ring (bicyclic) bond motifs is 1. The van der Waals surface area contributed by atoms with Crippen molar-refractivity contribution in [1.29, 1.82) is 5.26 Å². The Morgan fingerprint density at radius 2 is 2.12 bits per heavy atom. The van der Waals surface area contributed by atoms with Crippen LogP contribution in [0.4, 0.5) is 11.6 Å². The van der Waals surface area contributed by atoms with Crippen molar-refractivity contribution < 1.29 is 9.47 Å². The number of pyridine rings is 1. The van der Waals surface area contributed by atoms with Gasteiger partial charge in [-0.3, -0.25) is 0 Å². The second-order valence-corrected chi connectivity index (χ2v) is 8.91. The summed E-state index contributed by atoms with van der Waals surface area (Å²) in [5.74, 6) is 1.41. The number of hydrogen-bond acceptors (Lipinski definition) is 8. The van der Waals surface area contributed by atoms with Crippen molar-refractivity contribution in [3.05, 3.63) is 42.0 Å². The monoisotopic (exact) mass is 447 g/mol. The molecule has 1 unspecified atom stereocenters. The van der Waals surface area contributed by atoms with Gasteiger partial charge in [-0.1, -0.05) is 0 Å². The van der Waals surface area contributed by atoms with Crippen LogP contribution in [-0.2, 0) is 4.74 Å². The van der Waals surface area contributed by atoms with E-state index < -0.39 is 0 Å². The quantitative estimate of drug-likeness (QED) is 0.636. The largest absolute Gasteiger partial charge is 0.488 e. The van der Waals surface area contributed by atoms with Crippen LogP contribution >= 0.6 is 0 Å². The second kappa shape index (κ2) is 9.24. The predicted octanol–water partition coefficient (Wildman–Crippen LogP) is 3.33. The molecule has 3 aromatic rings. The minimum Gasteiger partial charge on any atom is -0.488 e. The lowest BCUT2D eigenvalue weighted by atomic mass is 9.93. The second-order valence-electron chi connectivity index (χ2n) is 8.91. The number of anilines is 2. The van der Waals surface area contributed by atoms with Crippen LogP contribution in [0.1, 0.15) is 43.9 Å². The lowest BCUT2D eigenvalue weighted by Gasteiger charge is -2.33. The summed E-state index contributed by atoms with van der Waals surface area (Å²) in [5.41, 5.74) is 3.25. The molecule has 0 spiro atoms. The van der Waals surface area contributed by atoms with Crippen molar-refractivity contribution in [2.75, 3.05) is 29.9 Å². The zero-order valence-electron chi connectivity index (χ0n) is 19.1. The molecule has 3 aromatic heterocycles. The van der Waals surface area contributed by atoms with E-state index in [1.54, 1.807) is 16.9 Å². The molecule has 0 aromatic carbocycles. The molecule has 1 N–H and O–H groups in total. The molecule has 0 bridgehead atoms. The van der Waals surface area contributed by atoms with E-state index in [4.69, 9.17) is 9.47 Å². The number of aromatic nitrogens is 4. The summed E-state index contributed by atoms with van der Waals surface area (Å²) in [6.07, 6.45) is 9.42. The highest BCUT2D eigenvalue weighted by atomic mass is 16.5. The normalized spacial score (nSPS) is 23.3. The number of rotatable bonds is 5. The van der Waals surface area contributed by atoms with E-state index in [-0.39, 0.29) is 12.2 Å². The number of hydrogen-bond donors (Lipinski definition) is 1. The standard InChI is InChI=1S/C24H29N7O2/c1-16-7-8-26-24(28-16)29-19-3-5-21(6-4-19)33-22-11-20(30-9-10-32-17(2)14-30)15-31-23(22)18(12-25)13-27-31/h7-8,11,13,15,17,19,21H,3-6,9-10,14H2,1-2H3,(H,26,28,29). The van der Waals surface area contributed by atoms with Crippen LogP contribution in [-0.4, -0.2) is 57.5 Å². The smallest absolute Gasteiger partial charge is 0.223 e. The first-order chi connectivity index (χ1) is 16.1. The Morgan fingerprint density at radius 3 is 2.88 bits per heavy atom. The highest BCUT2D eigenvalue weighted by Gasteiger charge is 2.26. The lowest BCUT2D eigenvalue weighted by Crippen LogP contribution is -2.41. The van der Waals surface area contributed by atoms with E-state index in [9.17, 15) is 5.26 Å². The summed E-state index contributed by atoms with van der Waals surface area (Å²) in [5, 5.41) is 17.5. The minimum atomic E-state index is 0.0885. The van der Waals surface area contributed by atoms with Gasteiger partial charge in [0.1, 0.15) is 22.9 Å². The third-order valence-electron chi connectivity index (χ3n) is 6.38. The van der Waals surface area contributed by atoms with Gasteiger partial charge in [0.2, 0.25) is 5.95 Å². The molecule has 33 heavy (non-hydrogen) atoms.